The number of alkyl halides is 4. The van der Waals surface area contributed by atoms with Crippen LogP contribution in [-0.4, -0.2) is 38.2 Å². The number of hydrogen-bond acceptors (Lipinski definition) is 6. The Morgan fingerprint density at radius 1 is 1.00 bits per heavy atom. The van der Waals surface area contributed by atoms with E-state index >= 15 is 0 Å². The highest BCUT2D eigenvalue weighted by atomic mass is 19.4. The fraction of sp³-hybridized carbons (Fsp3) is 0.581. The average Bonchev–Trinajstić information content (AvgIpc) is 3.69. The molecule has 2 aromatic heterocycles. The van der Waals surface area contributed by atoms with Crippen LogP contribution in [0.2, 0.25) is 0 Å². The third-order valence-electron chi connectivity index (χ3n) is 10.8. The third kappa shape index (κ3) is 4.09. The molecule has 4 bridgehead atoms. The average molecular weight is 582 g/mol. The molecule has 0 N–H and O–H groups in total. The second-order valence-electron chi connectivity index (χ2n) is 13.7. The maximum absolute atomic E-state index is 14.5. The van der Waals surface area contributed by atoms with Gasteiger partial charge in [0.2, 0.25) is 11.8 Å². The summed E-state index contributed by atoms with van der Waals surface area (Å²) in [6.45, 7) is 0.479. The van der Waals surface area contributed by atoms with Gasteiger partial charge in [-0.25, -0.2) is 14.4 Å². The number of fused-ring (bicyclic) bond motifs is 3. The van der Waals surface area contributed by atoms with E-state index in [0.717, 1.165) is 75.3 Å². The first kappa shape index (κ1) is 26.3. The van der Waals surface area contributed by atoms with Gasteiger partial charge in [-0.15, -0.1) is 0 Å². The molecule has 7 fully saturated rings. The van der Waals surface area contributed by atoms with E-state index < -0.39 is 23.0 Å². The van der Waals surface area contributed by atoms with Crippen molar-refractivity contribution < 1.29 is 26.9 Å². The summed E-state index contributed by atoms with van der Waals surface area (Å²) < 4.78 is 60.3. The van der Waals surface area contributed by atoms with Gasteiger partial charge in [-0.3, -0.25) is 4.79 Å². The standard InChI is InChI=1S/C31H31F4N5O2/c32-30-15-29(16-30,17-30)26(41)40(21-3-1-2-20(14-21)23-36-13-6-22(37-23)31(33,34)35)18-27-7-10-28(11-8-27,12-9-27)25-38-24(39-42-25)19-4-5-19/h1-3,6,13-14,19H,4-5,7-12,15-18H2. The van der Waals surface area contributed by atoms with Gasteiger partial charge in [0.1, 0.15) is 11.4 Å². The highest BCUT2D eigenvalue weighted by Crippen LogP contribution is 2.70. The summed E-state index contributed by atoms with van der Waals surface area (Å²) in [5, 5.41) is 4.25. The molecule has 0 atom stereocenters. The van der Waals surface area contributed by atoms with E-state index in [1.165, 1.54) is 0 Å². The van der Waals surface area contributed by atoms with E-state index in [4.69, 9.17) is 9.51 Å². The molecule has 10 rings (SSSR count). The van der Waals surface area contributed by atoms with Crippen molar-refractivity contribution in [2.24, 2.45) is 10.8 Å². The lowest BCUT2D eigenvalue weighted by atomic mass is 9.41. The van der Waals surface area contributed by atoms with Crippen molar-refractivity contribution >= 4 is 11.6 Å². The second kappa shape index (κ2) is 8.60. The molecule has 0 aliphatic heterocycles. The van der Waals surface area contributed by atoms with Gasteiger partial charge in [0.05, 0.1) is 5.41 Å². The fourth-order valence-corrected chi connectivity index (χ4v) is 8.04. The Bertz CT molecular complexity index is 1540. The molecular formula is C31H31F4N5O2. The minimum absolute atomic E-state index is 0.0595. The SMILES string of the molecule is O=C(N(CC12CCC(c3nc(C4CC4)no3)(CC1)CC2)c1cccc(-c2nccc(C(F)(F)F)n2)c1)C12CC(F)(C1)C2. The molecule has 0 radical (unpaired) electrons. The van der Waals surface area contributed by atoms with Crippen LogP contribution in [0.5, 0.6) is 0 Å². The molecule has 0 saturated heterocycles. The molecule has 1 aromatic carbocycles. The Morgan fingerprint density at radius 2 is 1.71 bits per heavy atom. The van der Waals surface area contributed by atoms with Gasteiger partial charge in [-0.1, -0.05) is 17.3 Å². The maximum atomic E-state index is 14.5. The Labute approximate surface area is 240 Å². The lowest BCUT2D eigenvalue weighted by Gasteiger charge is -2.65. The van der Waals surface area contributed by atoms with Crippen molar-refractivity contribution in [1.29, 1.82) is 0 Å². The number of anilines is 1. The van der Waals surface area contributed by atoms with Crippen molar-refractivity contribution in [3.05, 3.63) is 53.9 Å². The zero-order chi connectivity index (χ0) is 29.0. The fourth-order valence-electron chi connectivity index (χ4n) is 8.04. The number of benzene rings is 1. The minimum Gasteiger partial charge on any atom is -0.339 e. The number of carbonyl (C=O) groups excluding carboxylic acids is 1. The molecular weight excluding hydrogens is 550 g/mol. The first-order chi connectivity index (χ1) is 20.0. The zero-order valence-corrected chi connectivity index (χ0v) is 23.1. The molecule has 2 heterocycles. The molecule has 0 spiro atoms. The molecule has 7 nitrogen and oxygen atoms in total. The van der Waals surface area contributed by atoms with Gasteiger partial charge in [0.25, 0.3) is 0 Å². The zero-order valence-electron chi connectivity index (χ0n) is 23.1. The number of nitrogens with zero attached hydrogens (tertiary/aromatic N) is 5. The number of carbonyl (C=O) groups is 1. The predicted octanol–water partition coefficient (Wildman–Crippen LogP) is 6.94. The Morgan fingerprint density at radius 3 is 2.36 bits per heavy atom. The summed E-state index contributed by atoms with van der Waals surface area (Å²) in [7, 11) is 0. The van der Waals surface area contributed by atoms with Gasteiger partial charge in [0, 0.05) is 35.3 Å². The van der Waals surface area contributed by atoms with Crippen molar-refractivity contribution in [2.45, 2.75) is 93.8 Å². The van der Waals surface area contributed by atoms with Crippen molar-refractivity contribution in [2.75, 3.05) is 11.4 Å². The quantitative estimate of drug-likeness (QED) is 0.281. The van der Waals surface area contributed by atoms with Crippen LogP contribution < -0.4 is 4.90 Å². The van der Waals surface area contributed by atoms with Crippen LogP contribution in [0.25, 0.3) is 11.4 Å². The van der Waals surface area contributed by atoms with Crippen LogP contribution in [0.1, 0.15) is 94.0 Å². The van der Waals surface area contributed by atoms with Crippen LogP contribution in [0.15, 0.2) is 41.1 Å². The van der Waals surface area contributed by atoms with E-state index in [1.54, 1.807) is 29.2 Å². The van der Waals surface area contributed by atoms with Crippen LogP contribution in [0.3, 0.4) is 0 Å². The summed E-state index contributed by atoms with van der Waals surface area (Å²) in [5.41, 5.74) is -2.20. The van der Waals surface area contributed by atoms with Gasteiger partial charge in [-0.05, 0) is 94.2 Å². The summed E-state index contributed by atoms with van der Waals surface area (Å²) >= 11 is 0. The minimum atomic E-state index is -4.60. The highest BCUT2D eigenvalue weighted by Gasteiger charge is 2.73. The van der Waals surface area contributed by atoms with Gasteiger partial charge in [0.15, 0.2) is 11.6 Å². The van der Waals surface area contributed by atoms with Gasteiger partial charge >= 0.3 is 6.18 Å². The molecule has 0 unspecified atom stereocenters. The molecule has 42 heavy (non-hydrogen) atoms. The smallest absolute Gasteiger partial charge is 0.339 e. The molecule has 11 heteroatoms. The third-order valence-corrected chi connectivity index (χ3v) is 10.8. The van der Waals surface area contributed by atoms with E-state index in [1.807, 2.05) is 0 Å². The topological polar surface area (TPSA) is 85.0 Å². The van der Waals surface area contributed by atoms with Crippen LogP contribution in [0.4, 0.5) is 23.2 Å². The van der Waals surface area contributed by atoms with Crippen molar-refractivity contribution in [3.8, 4) is 11.4 Å². The van der Waals surface area contributed by atoms with Crippen molar-refractivity contribution in [1.82, 2.24) is 20.1 Å². The highest BCUT2D eigenvalue weighted by molar-refractivity contribution is 6.00. The van der Waals surface area contributed by atoms with E-state index in [-0.39, 0.29) is 41.8 Å². The number of aromatic nitrogens is 4. The van der Waals surface area contributed by atoms with Crippen molar-refractivity contribution in [3.63, 3.8) is 0 Å². The van der Waals surface area contributed by atoms with Crippen LogP contribution in [-0.2, 0) is 16.4 Å². The number of amides is 1. The molecule has 7 saturated carbocycles. The largest absolute Gasteiger partial charge is 0.433 e. The summed E-state index contributed by atoms with van der Waals surface area (Å²) in [4.78, 5) is 28.5. The summed E-state index contributed by atoms with van der Waals surface area (Å²) in [5.74, 6) is 1.86. The Kier molecular flexibility index (Phi) is 5.38. The Balaban J connectivity index is 1.08. The van der Waals surface area contributed by atoms with E-state index in [2.05, 4.69) is 15.1 Å². The van der Waals surface area contributed by atoms with Crippen LogP contribution >= 0.6 is 0 Å². The predicted molar refractivity (Wildman–Crippen MR) is 143 cm³/mol. The molecule has 1 amide bonds. The first-order valence-electron chi connectivity index (χ1n) is 14.9. The lowest BCUT2D eigenvalue weighted by Crippen LogP contribution is -2.71. The van der Waals surface area contributed by atoms with E-state index in [0.29, 0.717) is 23.7 Å². The van der Waals surface area contributed by atoms with E-state index in [9.17, 15) is 22.4 Å². The molecule has 7 aliphatic carbocycles. The molecule has 3 aromatic rings. The summed E-state index contributed by atoms with van der Waals surface area (Å²) in [6, 6.07) is 7.69. The summed E-state index contributed by atoms with van der Waals surface area (Å²) in [6.07, 6.45) is 4.84. The molecule has 7 aliphatic rings. The number of halogens is 4. The maximum Gasteiger partial charge on any atom is 0.433 e. The second-order valence-corrected chi connectivity index (χ2v) is 13.7. The number of hydrogen-bond donors (Lipinski definition) is 0. The number of rotatable bonds is 7. The lowest BCUT2D eigenvalue weighted by molar-refractivity contribution is -0.211. The first-order valence-corrected chi connectivity index (χ1v) is 14.9. The molecule has 220 valence electrons. The monoisotopic (exact) mass is 581 g/mol. The van der Waals surface area contributed by atoms with Gasteiger partial charge < -0.3 is 9.42 Å². The van der Waals surface area contributed by atoms with Crippen LogP contribution in [0, 0.1) is 10.8 Å². The van der Waals surface area contributed by atoms with Gasteiger partial charge in [-0.2, -0.15) is 18.2 Å². The Hall–Kier alpha value is -3.37. The normalized spacial score (nSPS) is 33.1.